The molecular formula is C11H9BrN2O. The van der Waals surface area contributed by atoms with Crippen molar-refractivity contribution in [2.24, 2.45) is 0 Å². The third kappa shape index (κ3) is 1.99. The Kier molecular flexibility index (Phi) is 2.68. The molecule has 1 aromatic carbocycles. The van der Waals surface area contributed by atoms with Crippen molar-refractivity contribution >= 4 is 15.9 Å². The summed E-state index contributed by atoms with van der Waals surface area (Å²) < 4.78 is 1.82. The lowest BCUT2D eigenvalue weighted by molar-refractivity contribution is -0.603. The van der Waals surface area contributed by atoms with E-state index in [1.54, 1.807) is 19.2 Å². The van der Waals surface area contributed by atoms with Crippen molar-refractivity contribution in [1.29, 1.82) is 0 Å². The van der Waals surface area contributed by atoms with Crippen LogP contribution in [-0.4, -0.2) is 4.98 Å². The zero-order valence-corrected chi connectivity index (χ0v) is 9.73. The van der Waals surface area contributed by atoms with Crippen molar-refractivity contribution in [3.8, 4) is 11.4 Å². The summed E-state index contributed by atoms with van der Waals surface area (Å²) in [5.74, 6) is 0.433. The first-order valence-corrected chi connectivity index (χ1v) is 5.29. The van der Waals surface area contributed by atoms with E-state index in [4.69, 9.17) is 0 Å². The van der Waals surface area contributed by atoms with Gasteiger partial charge in [-0.25, -0.2) is 4.73 Å². The van der Waals surface area contributed by atoms with E-state index in [1.165, 1.54) is 0 Å². The molecule has 0 radical (unpaired) electrons. The number of nitrogens with zero attached hydrogens (tertiary/aromatic N) is 2. The minimum Gasteiger partial charge on any atom is -0.710 e. The predicted octanol–water partition coefficient (Wildman–Crippen LogP) is 2.45. The third-order valence-corrected chi connectivity index (χ3v) is 2.66. The number of benzene rings is 1. The molecule has 0 saturated heterocycles. The van der Waals surface area contributed by atoms with Crippen LogP contribution in [0, 0.1) is 12.1 Å². The Balaban J connectivity index is 2.54. The molecule has 3 nitrogen and oxygen atoms in total. The molecule has 15 heavy (non-hydrogen) atoms. The van der Waals surface area contributed by atoms with Crippen LogP contribution in [0.15, 0.2) is 41.0 Å². The molecule has 0 aliphatic heterocycles. The van der Waals surface area contributed by atoms with Crippen molar-refractivity contribution in [2.75, 3.05) is 0 Å². The second-order valence-electron chi connectivity index (χ2n) is 3.21. The van der Waals surface area contributed by atoms with Gasteiger partial charge in [0, 0.05) is 10.5 Å². The maximum atomic E-state index is 11.7. The highest BCUT2D eigenvalue weighted by Gasteiger charge is 2.11. The van der Waals surface area contributed by atoms with E-state index in [0.29, 0.717) is 11.5 Å². The Hall–Kier alpha value is -1.42. The first kappa shape index (κ1) is 10.1. The van der Waals surface area contributed by atoms with Crippen LogP contribution in [0.5, 0.6) is 0 Å². The number of aryl methyl sites for hydroxylation is 1. The van der Waals surface area contributed by atoms with Gasteiger partial charge in [0.2, 0.25) is 0 Å². The first-order chi connectivity index (χ1) is 7.18. The highest BCUT2D eigenvalue weighted by molar-refractivity contribution is 9.10. The fraction of sp³-hybridized carbons (Fsp3) is 0.0909. The summed E-state index contributed by atoms with van der Waals surface area (Å²) >= 11 is 3.35. The molecule has 0 spiro atoms. The Bertz CT molecular complexity index is 482. The summed E-state index contributed by atoms with van der Waals surface area (Å²) in [5, 5.41) is 11.7. The molecule has 2 rings (SSSR count). The molecule has 0 aliphatic carbocycles. The molecule has 0 N–H and O–H groups in total. The van der Waals surface area contributed by atoms with Crippen molar-refractivity contribution in [1.82, 2.24) is 4.98 Å². The van der Waals surface area contributed by atoms with Gasteiger partial charge in [0.05, 0.1) is 5.56 Å². The molecule has 1 heterocycles. The van der Waals surface area contributed by atoms with Crippen LogP contribution in [0.4, 0.5) is 0 Å². The van der Waals surface area contributed by atoms with E-state index in [2.05, 4.69) is 20.9 Å². The Labute approximate surface area is 96.1 Å². The van der Waals surface area contributed by atoms with Gasteiger partial charge in [-0.05, 0) is 36.2 Å². The molecule has 4 heteroatoms. The lowest BCUT2D eigenvalue weighted by atomic mass is 10.2. The molecule has 0 saturated carbocycles. The molecule has 0 unspecified atom stereocenters. The molecular weight excluding hydrogens is 256 g/mol. The van der Waals surface area contributed by atoms with Crippen LogP contribution < -0.4 is 4.73 Å². The molecule has 2 aromatic rings. The highest BCUT2D eigenvalue weighted by atomic mass is 79.9. The molecule has 0 bridgehead atoms. The van der Waals surface area contributed by atoms with Crippen molar-refractivity contribution in [3.05, 3.63) is 51.9 Å². The second kappa shape index (κ2) is 3.98. The van der Waals surface area contributed by atoms with E-state index < -0.39 is 0 Å². The van der Waals surface area contributed by atoms with Crippen LogP contribution in [-0.2, 0) is 0 Å². The van der Waals surface area contributed by atoms with E-state index >= 15 is 0 Å². The predicted molar refractivity (Wildman–Crippen MR) is 61.1 cm³/mol. The topological polar surface area (TPSA) is 39.8 Å². The number of hydrogen-bond donors (Lipinski definition) is 0. The molecule has 0 atom stereocenters. The summed E-state index contributed by atoms with van der Waals surface area (Å²) in [6, 6.07) is 9.19. The molecule has 0 fully saturated rings. The van der Waals surface area contributed by atoms with Gasteiger partial charge < -0.3 is 5.21 Å². The number of aromatic nitrogens is 2. The number of hydrogen-bond acceptors (Lipinski definition) is 2. The smallest absolute Gasteiger partial charge is 0.333 e. The minimum atomic E-state index is 0.433. The summed E-state index contributed by atoms with van der Waals surface area (Å²) in [4.78, 5) is 4.07. The van der Waals surface area contributed by atoms with Crippen LogP contribution >= 0.6 is 15.9 Å². The lowest BCUT2D eigenvalue weighted by Gasteiger charge is -2.08. The van der Waals surface area contributed by atoms with Crippen LogP contribution in [0.3, 0.4) is 0 Å². The van der Waals surface area contributed by atoms with Gasteiger partial charge in [-0.2, -0.15) is 0 Å². The molecule has 0 aliphatic rings. The summed E-state index contributed by atoms with van der Waals surface area (Å²) in [7, 11) is 0. The SMILES string of the molecule is Cc1ccnc(-c2ccc(Br)cc2)[n+]1[O-]. The van der Waals surface area contributed by atoms with Gasteiger partial charge in [-0.1, -0.05) is 15.9 Å². The fourth-order valence-corrected chi connectivity index (χ4v) is 1.56. The fourth-order valence-electron chi connectivity index (χ4n) is 1.29. The molecule has 1 aromatic heterocycles. The zero-order chi connectivity index (χ0) is 10.8. The van der Waals surface area contributed by atoms with Crippen molar-refractivity contribution in [2.45, 2.75) is 6.92 Å². The largest absolute Gasteiger partial charge is 0.710 e. The van der Waals surface area contributed by atoms with Gasteiger partial charge >= 0.3 is 5.82 Å². The average molecular weight is 265 g/mol. The Morgan fingerprint density at radius 3 is 2.53 bits per heavy atom. The summed E-state index contributed by atoms with van der Waals surface area (Å²) in [5.41, 5.74) is 1.46. The van der Waals surface area contributed by atoms with Gasteiger partial charge in [0.15, 0.2) is 0 Å². The zero-order valence-electron chi connectivity index (χ0n) is 8.14. The Morgan fingerprint density at radius 1 is 1.20 bits per heavy atom. The molecule has 76 valence electrons. The maximum absolute atomic E-state index is 11.7. The van der Waals surface area contributed by atoms with Crippen molar-refractivity contribution in [3.63, 3.8) is 0 Å². The third-order valence-electron chi connectivity index (χ3n) is 2.13. The summed E-state index contributed by atoms with van der Waals surface area (Å²) in [6.07, 6.45) is 1.64. The van der Waals surface area contributed by atoms with Gasteiger partial charge in [-0.3, -0.25) is 0 Å². The van der Waals surface area contributed by atoms with E-state index in [-0.39, 0.29) is 0 Å². The standard InChI is InChI=1S/C11H9BrN2O/c1-8-6-7-13-11(14(8)15)9-2-4-10(12)5-3-9/h2-7H,1H3. The summed E-state index contributed by atoms with van der Waals surface area (Å²) in [6.45, 7) is 1.76. The number of halogens is 1. The van der Waals surface area contributed by atoms with Crippen LogP contribution in [0.25, 0.3) is 11.4 Å². The number of rotatable bonds is 1. The van der Waals surface area contributed by atoms with Crippen LogP contribution in [0.2, 0.25) is 0 Å². The molecule has 0 amide bonds. The first-order valence-electron chi connectivity index (χ1n) is 4.49. The maximum Gasteiger partial charge on any atom is 0.333 e. The quantitative estimate of drug-likeness (QED) is 0.587. The average Bonchev–Trinajstić information content (AvgIpc) is 2.24. The van der Waals surface area contributed by atoms with Gasteiger partial charge in [-0.15, -0.1) is 0 Å². The monoisotopic (exact) mass is 264 g/mol. The second-order valence-corrected chi connectivity index (χ2v) is 4.13. The Morgan fingerprint density at radius 2 is 1.87 bits per heavy atom. The van der Waals surface area contributed by atoms with Crippen LogP contribution in [0.1, 0.15) is 5.69 Å². The normalized spacial score (nSPS) is 10.3. The van der Waals surface area contributed by atoms with E-state index in [0.717, 1.165) is 14.8 Å². The van der Waals surface area contributed by atoms with Crippen molar-refractivity contribution < 1.29 is 4.73 Å². The van der Waals surface area contributed by atoms with Gasteiger partial charge in [0.25, 0.3) is 0 Å². The lowest BCUT2D eigenvalue weighted by Crippen LogP contribution is -2.33. The van der Waals surface area contributed by atoms with Gasteiger partial charge in [0.1, 0.15) is 11.9 Å². The van der Waals surface area contributed by atoms with E-state index in [9.17, 15) is 5.21 Å². The minimum absolute atomic E-state index is 0.433. The highest BCUT2D eigenvalue weighted by Crippen LogP contribution is 2.17. The van der Waals surface area contributed by atoms with E-state index in [1.807, 2.05) is 24.3 Å².